The number of nitrogens with zero attached hydrogens (tertiary/aromatic N) is 3. The van der Waals surface area contributed by atoms with Crippen molar-refractivity contribution in [2.24, 2.45) is 0 Å². The van der Waals surface area contributed by atoms with Crippen molar-refractivity contribution in [1.82, 2.24) is 15.3 Å². The second kappa shape index (κ2) is 6.31. The van der Waals surface area contributed by atoms with Crippen LogP contribution in [0.15, 0.2) is 36.7 Å². The van der Waals surface area contributed by atoms with Crippen molar-refractivity contribution in [3.63, 3.8) is 0 Å². The van der Waals surface area contributed by atoms with Gasteiger partial charge < -0.3 is 15.4 Å². The molecule has 2 aromatic rings. The summed E-state index contributed by atoms with van der Waals surface area (Å²) < 4.78 is 5.71. The van der Waals surface area contributed by atoms with Gasteiger partial charge in [0.15, 0.2) is 0 Å². The molecule has 1 aromatic heterocycles. The molecule has 1 aromatic carbocycles. The van der Waals surface area contributed by atoms with Gasteiger partial charge in [0.05, 0.1) is 30.7 Å². The van der Waals surface area contributed by atoms with E-state index in [1.54, 1.807) is 0 Å². The number of ether oxygens (including phenoxy) is 1. The van der Waals surface area contributed by atoms with E-state index in [0.717, 1.165) is 30.9 Å². The quantitative estimate of drug-likeness (QED) is 0.892. The molecule has 1 aliphatic rings. The van der Waals surface area contributed by atoms with Gasteiger partial charge in [-0.3, -0.25) is 0 Å². The molecule has 0 spiro atoms. The van der Waals surface area contributed by atoms with Gasteiger partial charge >= 0.3 is 0 Å². The number of benzene rings is 1. The molecule has 0 aliphatic carbocycles. The number of morpholine rings is 1. The molecule has 0 amide bonds. The zero-order valence-corrected chi connectivity index (χ0v) is 11.4. The standard InChI is InChI=1S/C15H15N5O/c16-7-11-8-18-15(19-9-11)20-13-3-1-12(2-4-13)14-10-17-5-6-21-14/h1-4,8-9,14,17H,5-6,10H2,(H,18,19,20)/t14-/m1/s1. The number of nitrogens with one attached hydrogen (secondary N) is 2. The minimum Gasteiger partial charge on any atom is -0.371 e. The van der Waals surface area contributed by atoms with E-state index >= 15 is 0 Å². The smallest absolute Gasteiger partial charge is 0.227 e. The highest BCUT2D eigenvalue weighted by Crippen LogP contribution is 2.21. The van der Waals surface area contributed by atoms with Crippen molar-refractivity contribution in [3.8, 4) is 6.07 Å². The van der Waals surface area contributed by atoms with Gasteiger partial charge in [-0.15, -0.1) is 0 Å². The summed E-state index contributed by atoms with van der Waals surface area (Å²) in [7, 11) is 0. The summed E-state index contributed by atoms with van der Waals surface area (Å²) in [4.78, 5) is 8.16. The average molecular weight is 281 g/mol. The summed E-state index contributed by atoms with van der Waals surface area (Å²) in [5.74, 6) is 0.470. The molecule has 0 radical (unpaired) electrons. The molecule has 2 heterocycles. The predicted molar refractivity (Wildman–Crippen MR) is 78.0 cm³/mol. The van der Waals surface area contributed by atoms with E-state index in [4.69, 9.17) is 10.00 Å². The molecule has 1 aliphatic heterocycles. The van der Waals surface area contributed by atoms with E-state index in [2.05, 4.69) is 20.6 Å². The lowest BCUT2D eigenvalue weighted by Gasteiger charge is -2.24. The average Bonchev–Trinajstić information content (AvgIpc) is 2.57. The van der Waals surface area contributed by atoms with E-state index in [0.29, 0.717) is 11.5 Å². The molecular formula is C15H15N5O. The molecule has 1 atom stereocenters. The van der Waals surface area contributed by atoms with E-state index in [9.17, 15) is 0 Å². The Morgan fingerprint density at radius 1 is 1.24 bits per heavy atom. The summed E-state index contributed by atoms with van der Waals surface area (Å²) in [5.41, 5.74) is 2.48. The van der Waals surface area contributed by atoms with Crippen LogP contribution in [0.5, 0.6) is 0 Å². The molecule has 21 heavy (non-hydrogen) atoms. The second-order valence-electron chi connectivity index (χ2n) is 4.72. The third-order valence-corrected chi connectivity index (χ3v) is 3.25. The zero-order valence-electron chi connectivity index (χ0n) is 11.4. The molecule has 3 rings (SSSR count). The Morgan fingerprint density at radius 3 is 2.62 bits per heavy atom. The van der Waals surface area contributed by atoms with Crippen LogP contribution in [0.25, 0.3) is 0 Å². The maximum Gasteiger partial charge on any atom is 0.227 e. The SMILES string of the molecule is N#Cc1cnc(Nc2ccc([C@H]3CNCCO3)cc2)nc1. The number of aromatic nitrogens is 2. The third kappa shape index (κ3) is 3.34. The van der Waals surface area contributed by atoms with Crippen LogP contribution in [-0.4, -0.2) is 29.7 Å². The van der Waals surface area contributed by atoms with Gasteiger partial charge in [-0.2, -0.15) is 5.26 Å². The molecule has 1 fully saturated rings. The fraction of sp³-hybridized carbons (Fsp3) is 0.267. The van der Waals surface area contributed by atoms with Crippen LogP contribution in [0.2, 0.25) is 0 Å². The van der Waals surface area contributed by atoms with Gasteiger partial charge in [-0.05, 0) is 17.7 Å². The third-order valence-electron chi connectivity index (χ3n) is 3.25. The lowest BCUT2D eigenvalue weighted by Crippen LogP contribution is -2.33. The highest BCUT2D eigenvalue weighted by Gasteiger charge is 2.15. The number of hydrogen-bond donors (Lipinski definition) is 2. The molecule has 0 bridgehead atoms. The van der Waals surface area contributed by atoms with Crippen molar-refractivity contribution in [3.05, 3.63) is 47.8 Å². The largest absolute Gasteiger partial charge is 0.371 e. The van der Waals surface area contributed by atoms with Crippen LogP contribution in [-0.2, 0) is 4.74 Å². The fourth-order valence-corrected chi connectivity index (χ4v) is 2.14. The zero-order chi connectivity index (χ0) is 14.5. The van der Waals surface area contributed by atoms with E-state index in [1.165, 1.54) is 12.4 Å². The van der Waals surface area contributed by atoms with Crippen LogP contribution in [0.1, 0.15) is 17.2 Å². The number of rotatable bonds is 3. The van der Waals surface area contributed by atoms with Crippen molar-refractivity contribution in [2.75, 3.05) is 25.0 Å². The Kier molecular flexibility index (Phi) is 4.05. The highest BCUT2D eigenvalue weighted by atomic mass is 16.5. The monoisotopic (exact) mass is 281 g/mol. The first kappa shape index (κ1) is 13.5. The van der Waals surface area contributed by atoms with E-state index in [-0.39, 0.29) is 6.10 Å². The second-order valence-corrected chi connectivity index (χ2v) is 4.72. The lowest BCUT2D eigenvalue weighted by molar-refractivity contribution is 0.0277. The van der Waals surface area contributed by atoms with Crippen LogP contribution in [0, 0.1) is 11.3 Å². The van der Waals surface area contributed by atoms with Crippen molar-refractivity contribution in [2.45, 2.75) is 6.10 Å². The van der Waals surface area contributed by atoms with Gasteiger partial charge in [-0.1, -0.05) is 12.1 Å². The molecule has 1 saturated heterocycles. The van der Waals surface area contributed by atoms with Gasteiger partial charge in [0.2, 0.25) is 5.95 Å². The Balaban J connectivity index is 1.67. The summed E-state index contributed by atoms with van der Waals surface area (Å²) >= 11 is 0. The number of nitriles is 1. The summed E-state index contributed by atoms with van der Waals surface area (Å²) in [6.45, 7) is 2.49. The number of anilines is 2. The van der Waals surface area contributed by atoms with Crippen molar-refractivity contribution >= 4 is 11.6 Å². The molecule has 2 N–H and O–H groups in total. The van der Waals surface area contributed by atoms with Gasteiger partial charge in [0.25, 0.3) is 0 Å². The van der Waals surface area contributed by atoms with Gasteiger partial charge in [0, 0.05) is 18.8 Å². The topological polar surface area (TPSA) is 82.9 Å². The van der Waals surface area contributed by atoms with Gasteiger partial charge in [0.1, 0.15) is 6.07 Å². The minimum atomic E-state index is 0.110. The number of hydrogen-bond acceptors (Lipinski definition) is 6. The van der Waals surface area contributed by atoms with Crippen molar-refractivity contribution < 1.29 is 4.74 Å². The molecule has 0 saturated carbocycles. The maximum absolute atomic E-state index is 8.71. The Morgan fingerprint density at radius 2 is 2.00 bits per heavy atom. The summed E-state index contributed by atoms with van der Waals surface area (Å²) in [5, 5.41) is 15.1. The first-order valence-electron chi connectivity index (χ1n) is 6.76. The van der Waals surface area contributed by atoms with Crippen molar-refractivity contribution in [1.29, 1.82) is 5.26 Å². The summed E-state index contributed by atoms with van der Waals surface area (Å²) in [6.07, 6.45) is 3.09. The van der Waals surface area contributed by atoms with E-state index < -0.39 is 0 Å². The Hall–Kier alpha value is -2.49. The van der Waals surface area contributed by atoms with Crippen LogP contribution < -0.4 is 10.6 Å². The Labute approximate surface area is 122 Å². The Bertz CT molecular complexity index is 627. The summed E-state index contributed by atoms with van der Waals surface area (Å²) in [6, 6.07) is 9.99. The maximum atomic E-state index is 8.71. The van der Waals surface area contributed by atoms with Crippen LogP contribution >= 0.6 is 0 Å². The first-order chi connectivity index (χ1) is 10.3. The fourth-order valence-electron chi connectivity index (χ4n) is 2.14. The molecule has 106 valence electrons. The van der Waals surface area contributed by atoms with Gasteiger partial charge in [-0.25, -0.2) is 9.97 Å². The van der Waals surface area contributed by atoms with Crippen LogP contribution in [0.3, 0.4) is 0 Å². The minimum absolute atomic E-state index is 0.110. The molecular weight excluding hydrogens is 266 g/mol. The first-order valence-corrected chi connectivity index (χ1v) is 6.76. The molecule has 0 unspecified atom stereocenters. The van der Waals surface area contributed by atoms with Crippen LogP contribution in [0.4, 0.5) is 11.6 Å². The normalized spacial score (nSPS) is 18.0. The predicted octanol–water partition coefficient (Wildman–Crippen LogP) is 1.75. The van der Waals surface area contributed by atoms with E-state index in [1.807, 2.05) is 30.3 Å². The highest BCUT2D eigenvalue weighted by molar-refractivity contribution is 5.53. The molecule has 6 nitrogen and oxygen atoms in total. The molecule has 6 heteroatoms. The lowest BCUT2D eigenvalue weighted by atomic mass is 10.1.